The Kier molecular flexibility index (Phi) is 16.0. The third kappa shape index (κ3) is 10.7. The van der Waals surface area contributed by atoms with Crippen molar-refractivity contribution in [3.63, 3.8) is 0 Å². The molecule has 0 radical (unpaired) electrons. The third-order valence-electron chi connectivity index (χ3n) is 1.74. The first-order valence-electron chi connectivity index (χ1n) is 4.22. The number of aliphatic hydroxyl groups excluding tert-OH is 5. The van der Waals surface area contributed by atoms with Gasteiger partial charge in [0.1, 0.15) is 24.4 Å². The Morgan fingerprint density at radius 1 is 0.944 bits per heavy atom. The Bertz CT molecular complexity index is 249. The van der Waals surface area contributed by atoms with Crippen LogP contribution >= 0.6 is 7.82 Å². The van der Waals surface area contributed by atoms with Gasteiger partial charge in [-0.15, -0.1) is 0 Å². The van der Waals surface area contributed by atoms with Crippen LogP contribution in [-0.4, -0.2) is 132 Å². The van der Waals surface area contributed by atoms with Crippen LogP contribution in [0.25, 0.3) is 0 Å². The summed E-state index contributed by atoms with van der Waals surface area (Å²) < 4.78 is 14.1. The molecule has 18 heavy (non-hydrogen) atoms. The van der Waals surface area contributed by atoms with Crippen LogP contribution in [0.1, 0.15) is 0 Å². The Morgan fingerprint density at radius 2 is 1.33 bits per heavy atom. The van der Waals surface area contributed by atoms with Crippen molar-refractivity contribution in [2.24, 2.45) is 0 Å². The van der Waals surface area contributed by atoms with Crippen LogP contribution < -0.4 is 0 Å². The van der Waals surface area contributed by atoms with Gasteiger partial charge >= 0.3 is 66.9 Å². The molecule has 0 fully saturated rings. The van der Waals surface area contributed by atoms with Crippen molar-refractivity contribution >= 4 is 66.9 Å². The summed E-state index contributed by atoms with van der Waals surface area (Å²) in [5.41, 5.74) is 0. The van der Waals surface area contributed by atoms with Crippen LogP contribution in [0.15, 0.2) is 0 Å². The molecule has 12 heteroatoms. The van der Waals surface area contributed by atoms with Gasteiger partial charge in [-0.3, -0.25) is 4.52 Å². The zero-order valence-corrected chi connectivity index (χ0v) is 9.01. The van der Waals surface area contributed by atoms with E-state index in [-0.39, 0.29) is 59.1 Å². The molecular weight excluding hydrogens is 293 g/mol. The van der Waals surface area contributed by atoms with Gasteiger partial charge in [0.05, 0.1) is 13.2 Å². The van der Waals surface area contributed by atoms with Gasteiger partial charge in [-0.2, -0.15) is 0 Å². The van der Waals surface area contributed by atoms with Crippen molar-refractivity contribution in [2.75, 3.05) is 13.2 Å². The maximum absolute atomic E-state index is 10.2. The summed E-state index contributed by atoms with van der Waals surface area (Å²) in [6.45, 7) is -1.77. The summed E-state index contributed by atoms with van der Waals surface area (Å²) in [4.78, 5) is 16.6. The van der Waals surface area contributed by atoms with Crippen LogP contribution in [-0.2, 0) is 9.09 Å². The molecule has 0 aromatic carbocycles. The molecule has 0 saturated carbocycles. The van der Waals surface area contributed by atoms with Gasteiger partial charge in [0.25, 0.3) is 0 Å². The van der Waals surface area contributed by atoms with Crippen molar-refractivity contribution in [1.82, 2.24) is 0 Å². The first-order chi connectivity index (χ1) is 7.19. The quantitative estimate of drug-likeness (QED) is 0.180. The summed E-state index contributed by atoms with van der Waals surface area (Å²) in [6.07, 6.45) is -7.27. The molecule has 0 amide bonds. The van der Waals surface area contributed by atoms with E-state index in [1.165, 1.54) is 0 Å². The molecule has 0 unspecified atom stereocenters. The zero-order valence-electron chi connectivity index (χ0n) is 8.12. The summed E-state index contributed by atoms with van der Waals surface area (Å²) >= 11 is 0. The molecule has 9 nitrogen and oxygen atoms in total. The fourth-order valence-electron chi connectivity index (χ4n) is 0.835. The van der Waals surface area contributed by atoms with E-state index in [0.717, 1.165) is 0 Å². The topological polar surface area (TPSA) is 168 Å². The number of aliphatic hydroxyl groups is 5. The van der Waals surface area contributed by atoms with Crippen LogP contribution in [0.5, 0.6) is 0 Å². The van der Waals surface area contributed by atoms with Gasteiger partial charge < -0.3 is 35.3 Å². The van der Waals surface area contributed by atoms with Crippen molar-refractivity contribution in [1.29, 1.82) is 0 Å². The predicted octanol–water partition coefficient (Wildman–Crippen LogP) is -4.77. The normalized spacial score (nSPS) is 17.9. The van der Waals surface area contributed by atoms with Crippen LogP contribution in [0.2, 0.25) is 0 Å². The Hall–Kier alpha value is 1.91. The minimum absolute atomic E-state index is 0. The maximum atomic E-state index is 10.2. The molecule has 0 heterocycles. The van der Waals surface area contributed by atoms with Crippen molar-refractivity contribution in [3.8, 4) is 0 Å². The van der Waals surface area contributed by atoms with E-state index in [9.17, 15) is 9.67 Å². The van der Waals surface area contributed by atoms with Crippen LogP contribution in [0, 0.1) is 0 Å². The molecule has 102 valence electrons. The second-order valence-electron chi connectivity index (χ2n) is 3.08. The number of hydrogen-bond donors (Lipinski definition) is 7. The molecule has 0 bridgehead atoms. The summed E-state index contributed by atoms with van der Waals surface area (Å²) in [6, 6.07) is 0. The molecule has 0 aromatic rings. The predicted molar refractivity (Wildman–Crippen MR) is 63.4 cm³/mol. The SMILES string of the molecule is O=P(O)(O)OC[C@@H](O)[C@@H](O)[C@H](O)[C@H](O)CO.[NaH].[NaH]. The van der Waals surface area contributed by atoms with Crippen LogP contribution in [0.4, 0.5) is 0 Å². The van der Waals surface area contributed by atoms with Gasteiger partial charge in [0.2, 0.25) is 0 Å². The second-order valence-corrected chi connectivity index (χ2v) is 4.32. The van der Waals surface area contributed by atoms with Gasteiger partial charge in [-0.05, 0) is 0 Å². The fraction of sp³-hybridized carbons (Fsp3) is 1.00. The third-order valence-corrected chi connectivity index (χ3v) is 2.22. The molecule has 7 N–H and O–H groups in total. The Balaban J connectivity index is -0.00000112. The van der Waals surface area contributed by atoms with Crippen LogP contribution in [0.3, 0.4) is 0 Å². The Labute approximate surface area is 148 Å². The molecule has 0 aliphatic heterocycles. The molecule has 0 aliphatic carbocycles. The van der Waals surface area contributed by atoms with Gasteiger partial charge in [0, 0.05) is 0 Å². The Morgan fingerprint density at radius 3 is 1.67 bits per heavy atom. The van der Waals surface area contributed by atoms with Crippen molar-refractivity contribution in [2.45, 2.75) is 24.4 Å². The number of rotatable bonds is 7. The number of phosphoric acid groups is 1. The van der Waals surface area contributed by atoms with E-state index < -0.39 is 45.5 Å². The van der Waals surface area contributed by atoms with Gasteiger partial charge in [0.15, 0.2) is 0 Å². The van der Waals surface area contributed by atoms with Gasteiger partial charge in [-0.1, -0.05) is 0 Å². The molecule has 0 saturated heterocycles. The van der Waals surface area contributed by atoms with Crippen molar-refractivity contribution in [3.05, 3.63) is 0 Å². The van der Waals surface area contributed by atoms with E-state index >= 15 is 0 Å². The summed E-state index contributed by atoms with van der Waals surface area (Å²) in [5, 5.41) is 44.8. The van der Waals surface area contributed by atoms with E-state index in [2.05, 4.69) is 4.52 Å². The molecule has 0 rings (SSSR count). The number of phosphoric ester groups is 1. The minimum atomic E-state index is -4.78. The van der Waals surface area contributed by atoms with Gasteiger partial charge in [-0.25, -0.2) is 4.57 Å². The molecule has 4 atom stereocenters. The second kappa shape index (κ2) is 11.6. The van der Waals surface area contributed by atoms with E-state index in [4.69, 9.17) is 30.2 Å². The van der Waals surface area contributed by atoms with Crippen molar-refractivity contribution < 1.29 is 44.4 Å². The fourth-order valence-corrected chi connectivity index (χ4v) is 1.18. The summed E-state index contributed by atoms with van der Waals surface area (Å²) in [7, 11) is -4.78. The summed E-state index contributed by atoms with van der Waals surface area (Å²) in [5.74, 6) is 0. The van der Waals surface area contributed by atoms with E-state index in [1.807, 2.05) is 0 Å². The average molecular weight is 310 g/mol. The molecule has 0 spiro atoms. The molecule has 0 aromatic heterocycles. The standard InChI is InChI=1S/C6H15O9P.2Na.2H/c7-1-3(8)5(10)6(11)4(9)2-15-16(12,13)14;;;;/h3-11H,1-2H2,(H2,12,13,14);;;;/t3-,4-,5-,6-;;;;/m1..../s1. The first kappa shape index (κ1) is 24.9. The monoisotopic (exact) mass is 310 g/mol. The zero-order chi connectivity index (χ0) is 12.9. The van der Waals surface area contributed by atoms with E-state index in [0.29, 0.717) is 0 Å². The molecule has 0 aliphatic rings. The number of hydrogen-bond acceptors (Lipinski definition) is 7. The van der Waals surface area contributed by atoms with E-state index in [1.54, 1.807) is 0 Å². The molecular formula is C6H17Na2O9P. The first-order valence-corrected chi connectivity index (χ1v) is 5.75. The average Bonchev–Trinajstić information content (AvgIpc) is 2.21.